The van der Waals surface area contributed by atoms with Crippen LogP contribution in [-0.4, -0.2) is 200 Å². The summed E-state index contributed by atoms with van der Waals surface area (Å²) in [5, 5.41) is 14.7. The van der Waals surface area contributed by atoms with Gasteiger partial charge in [0.1, 0.15) is 29.5 Å². The van der Waals surface area contributed by atoms with Crippen molar-refractivity contribution in [1.82, 2.24) is 45.4 Å². The van der Waals surface area contributed by atoms with Gasteiger partial charge in [-0.25, -0.2) is 13.8 Å². The average Bonchev–Trinajstić information content (AvgIpc) is 3.70. The molecule has 9 rings (SSSR count). The Kier molecular flexibility index (Phi) is 21.9. The van der Waals surface area contributed by atoms with Crippen molar-refractivity contribution in [3.63, 3.8) is 0 Å². The number of halogens is 2. The molecule has 5 atom stereocenters. The predicted molar refractivity (Wildman–Crippen MR) is 316 cm³/mol. The second-order valence-corrected chi connectivity index (χ2v) is 23.1. The molecular weight excluding hydrogens is 1100 g/mol. The number of likely N-dealkylation sites (N-methyl/N-ethyl adjacent to an activating group) is 1. The van der Waals surface area contributed by atoms with Crippen LogP contribution in [0, 0.1) is 24.5 Å². The van der Waals surface area contributed by atoms with E-state index in [0.29, 0.717) is 106 Å². The number of pyridine rings is 1. The fourth-order valence-electron chi connectivity index (χ4n) is 11.8. The molecule has 5 N–H and O–H groups in total. The lowest BCUT2D eigenvalue weighted by molar-refractivity contribution is -0.138. The molecule has 3 saturated heterocycles. The highest BCUT2D eigenvalue weighted by molar-refractivity contribution is 8.14. The first kappa shape index (κ1) is 62.1. The number of ketones is 1. The first-order valence-corrected chi connectivity index (χ1v) is 30.4. The normalized spacial score (nSPS) is 19.9. The fourth-order valence-corrected chi connectivity index (χ4v) is 13.0. The van der Waals surface area contributed by atoms with E-state index in [-0.39, 0.29) is 67.0 Å². The van der Waals surface area contributed by atoms with E-state index in [1.165, 1.54) is 48.2 Å². The van der Waals surface area contributed by atoms with Gasteiger partial charge in [-0.05, 0) is 133 Å². The number of hydrogen-bond donors (Lipinski definition) is 4. The monoisotopic (exact) mass is 1180 g/mol. The summed E-state index contributed by atoms with van der Waals surface area (Å²) in [6.45, 7) is 11.2. The van der Waals surface area contributed by atoms with E-state index in [1.807, 2.05) is 22.6 Å². The number of aliphatic imine (C=N–C) groups is 1. The van der Waals surface area contributed by atoms with Crippen LogP contribution in [0.5, 0.6) is 0 Å². The number of amides is 4. The van der Waals surface area contributed by atoms with Gasteiger partial charge in [0.2, 0.25) is 17.7 Å². The largest absolute Gasteiger partial charge is 0.382 e. The Morgan fingerprint density at radius 2 is 1.51 bits per heavy atom. The second-order valence-electron chi connectivity index (χ2n) is 22.1. The lowest BCUT2D eigenvalue weighted by Crippen LogP contribution is -2.58. The van der Waals surface area contributed by atoms with Crippen LogP contribution in [0.15, 0.2) is 59.7 Å². The zero-order chi connectivity index (χ0) is 59.3. The number of Topliss-reactive ketones (excluding diaryl/α,β-unsaturated/α-hetero) is 1. The number of nitrogens with one attached hydrogen (secondary N) is 3. The molecule has 84 heavy (non-hydrogen) atoms. The zero-order valence-electron chi connectivity index (χ0n) is 48.6. The smallest absolute Gasteiger partial charge is 0.254 e. The lowest BCUT2D eigenvalue weighted by atomic mass is 9.88. The molecule has 0 spiro atoms. The summed E-state index contributed by atoms with van der Waals surface area (Å²) >= 11 is 1.49. The van der Waals surface area contributed by atoms with Gasteiger partial charge in [-0.1, -0.05) is 0 Å². The minimum atomic E-state index is -0.695. The van der Waals surface area contributed by atoms with Crippen LogP contribution >= 0.6 is 11.8 Å². The highest BCUT2D eigenvalue weighted by Gasteiger charge is 2.43. The lowest BCUT2D eigenvalue weighted by Gasteiger charge is -2.38. The fraction of sp³-hybridized carbons (Fsp3) is 0.567. The van der Waals surface area contributed by atoms with Gasteiger partial charge in [-0.15, -0.1) is 11.8 Å². The second kappa shape index (κ2) is 29.6. The molecule has 3 fully saturated rings. The van der Waals surface area contributed by atoms with Crippen LogP contribution in [0.4, 0.5) is 20.3 Å². The Morgan fingerprint density at radius 1 is 0.833 bits per heavy atom. The van der Waals surface area contributed by atoms with E-state index in [9.17, 15) is 32.8 Å². The summed E-state index contributed by atoms with van der Waals surface area (Å²) in [7, 11) is 3.43. The molecule has 4 aromatic rings. The van der Waals surface area contributed by atoms with Crippen molar-refractivity contribution in [3.05, 3.63) is 94.4 Å². The van der Waals surface area contributed by atoms with Crippen LogP contribution in [0.25, 0.3) is 11.1 Å². The number of carbonyl (C=O) groups is 5. The SMILES string of the molecule is CN[C@H](C)C(=O)N[C@@H](C(=O)N1CCC[C@@H]1C1=NC(C(=O)c2ccc(F)cc2)CS1)C1CCN(CCOCCOCCOCCOCCC(=O)NCCn2nc3c(c2C)-c2cnc(N)c(c2)N2CCC[C@@H]2c2cc(F)ccc2C(=O)N(C)C3)CC1. The summed E-state index contributed by atoms with van der Waals surface area (Å²) in [4.78, 5) is 85.0. The van der Waals surface area contributed by atoms with E-state index in [1.54, 1.807) is 38.2 Å². The first-order valence-electron chi connectivity index (χ1n) is 29.4. The maximum absolute atomic E-state index is 14.7. The first-order chi connectivity index (χ1) is 40.7. The summed E-state index contributed by atoms with van der Waals surface area (Å²) in [5.74, 6) is -0.959. The van der Waals surface area contributed by atoms with Crippen LogP contribution in [0.3, 0.4) is 0 Å². The third kappa shape index (κ3) is 15.3. The van der Waals surface area contributed by atoms with Crippen molar-refractivity contribution in [2.45, 2.75) is 102 Å². The molecule has 7 heterocycles. The number of fused-ring (bicyclic) bond motifs is 8. The number of hydrogen-bond acceptors (Lipinski definition) is 17. The molecular formula is C60H80F2N12O9S. The molecule has 24 heteroatoms. The molecule has 2 aromatic carbocycles. The van der Waals surface area contributed by atoms with E-state index < -0.39 is 29.8 Å². The number of nitrogens with two attached hydrogens (primary N) is 1. The highest BCUT2D eigenvalue weighted by atomic mass is 32.2. The Morgan fingerprint density at radius 3 is 2.24 bits per heavy atom. The van der Waals surface area contributed by atoms with E-state index >= 15 is 0 Å². The number of nitrogens with zero attached hydrogens (tertiary/aromatic N) is 8. The number of nitrogen functional groups attached to an aromatic ring is 1. The van der Waals surface area contributed by atoms with Crippen molar-refractivity contribution in [2.75, 3.05) is 123 Å². The minimum Gasteiger partial charge on any atom is -0.382 e. The van der Waals surface area contributed by atoms with Crippen molar-refractivity contribution in [1.29, 1.82) is 0 Å². The summed E-state index contributed by atoms with van der Waals surface area (Å²) in [5.41, 5.74) is 11.9. The number of thioether (sulfide) groups is 1. The van der Waals surface area contributed by atoms with Crippen LogP contribution in [0.1, 0.15) is 95.6 Å². The van der Waals surface area contributed by atoms with Crippen molar-refractivity contribution < 1.29 is 51.7 Å². The van der Waals surface area contributed by atoms with Crippen LogP contribution in [0.2, 0.25) is 0 Å². The Bertz CT molecular complexity index is 2980. The van der Waals surface area contributed by atoms with E-state index in [2.05, 4.69) is 30.7 Å². The number of rotatable bonds is 26. The molecule has 0 saturated carbocycles. The molecule has 0 radical (unpaired) electrons. The van der Waals surface area contributed by atoms with Crippen molar-refractivity contribution in [2.24, 2.45) is 10.9 Å². The Labute approximate surface area is 494 Å². The van der Waals surface area contributed by atoms with Gasteiger partial charge in [0, 0.05) is 79.5 Å². The van der Waals surface area contributed by atoms with Gasteiger partial charge < -0.3 is 60.2 Å². The average molecular weight is 1180 g/mol. The van der Waals surface area contributed by atoms with Crippen molar-refractivity contribution >= 4 is 57.7 Å². The summed E-state index contributed by atoms with van der Waals surface area (Å²) < 4.78 is 52.9. The molecule has 4 amide bonds. The number of carbonyl (C=O) groups excluding carboxylic acids is 5. The molecule has 5 aliphatic rings. The van der Waals surface area contributed by atoms with Gasteiger partial charge in [0.05, 0.1) is 100 Å². The molecule has 2 aromatic heterocycles. The van der Waals surface area contributed by atoms with Gasteiger partial charge in [0.15, 0.2) is 5.78 Å². The minimum absolute atomic E-state index is 0.0576. The maximum atomic E-state index is 14.7. The summed E-state index contributed by atoms with van der Waals surface area (Å²) in [6.07, 6.45) is 6.47. The number of piperidine rings is 1. The highest BCUT2D eigenvalue weighted by Crippen LogP contribution is 2.43. The zero-order valence-corrected chi connectivity index (χ0v) is 49.4. The molecule has 5 aliphatic heterocycles. The maximum Gasteiger partial charge on any atom is 0.254 e. The van der Waals surface area contributed by atoms with Crippen molar-refractivity contribution in [3.8, 4) is 11.1 Å². The Hall–Kier alpha value is -6.41. The number of ether oxygens (including phenoxy) is 4. The standard InChI is InChI=1S/C60H80F2N12O9S/c1-38(64-3)57(77)68-54(60(79)73-20-6-8-50(73)58-67-48(37-84-58)55(76)41-9-11-43(61)12-10-41)40-15-21-71(22-16-40)24-26-81-28-30-83-32-31-82-29-27-80-25-17-52(75)65-18-23-74-39(2)53-42-33-51(56(63)66-35-42)72-19-5-7-49(72)46-34-44(62)13-14-45(46)59(78)70(4)36-47(53)69-74/h9-14,33-35,38,40,48-50,54,64H,5-8,15-32,36-37H2,1-4H3,(H2,63,66)(H,65,75)(H,68,77)/t38-,48?,49-,50-,54-/m1/s1. The number of benzene rings is 2. The number of anilines is 2. The summed E-state index contributed by atoms with van der Waals surface area (Å²) in [6, 6.07) is 9.57. The number of likely N-dealkylation sites (tertiary alicyclic amines) is 2. The molecule has 454 valence electrons. The van der Waals surface area contributed by atoms with E-state index in [4.69, 9.17) is 34.8 Å². The topological polar surface area (TPSA) is 240 Å². The predicted octanol–water partition coefficient (Wildman–Crippen LogP) is 4.81. The van der Waals surface area contributed by atoms with Gasteiger partial charge >= 0.3 is 0 Å². The molecule has 1 unspecified atom stereocenters. The molecule has 21 nitrogen and oxygen atoms in total. The van der Waals surface area contributed by atoms with Crippen LogP contribution in [-0.2, 0) is 46.4 Å². The molecule has 2 bridgehead atoms. The number of aromatic nitrogens is 3. The third-order valence-electron chi connectivity index (χ3n) is 16.6. The van der Waals surface area contributed by atoms with Gasteiger partial charge in [-0.2, -0.15) is 5.10 Å². The van der Waals surface area contributed by atoms with E-state index in [0.717, 1.165) is 85.7 Å². The quantitative estimate of drug-likeness (QED) is 0.0488. The van der Waals surface area contributed by atoms with Gasteiger partial charge in [-0.3, -0.25) is 33.6 Å². The Balaban J connectivity index is 0.628. The van der Waals surface area contributed by atoms with Crippen LogP contribution < -0.4 is 26.6 Å². The third-order valence-corrected chi connectivity index (χ3v) is 17.7. The van der Waals surface area contributed by atoms with Gasteiger partial charge in [0.25, 0.3) is 5.91 Å². The molecule has 0 aliphatic carbocycles.